The smallest absolute Gasteiger partial charge is 0.216 e. The normalized spacial score (nSPS) is 21.4. The Hall–Kier alpha value is -2.39. The first-order valence-electron chi connectivity index (χ1n) is 10.1. The monoisotopic (exact) mass is 387 g/mol. The molecule has 9 heteroatoms. The number of morpholine rings is 1. The predicted molar refractivity (Wildman–Crippen MR) is 106 cm³/mol. The fraction of sp³-hybridized carbons (Fsp3) is 0.632. The number of aliphatic imine (C=N–C) groups is 1. The number of nitrogens with zero attached hydrogens (tertiary/aromatic N) is 5. The fourth-order valence-electron chi connectivity index (χ4n) is 3.78. The van der Waals surface area contributed by atoms with Gasteiger partial charge < -0.3 is 19.4 Å². The number of aromatic nitrogens is 3. The number of nitrogens with one attached hydrogen (secondary N) is 2. The van der Waals surface area contributed by atoms with Crippen molar-refractivity contribution in [2.24, 2.45) is 10.9 Å². The van der Waals surface area contributed by atoms with Gasteiger partial charge in [0.25, 0.3) is 0 Å². The molecule has 0 spiro atoms. The van der Waals surface area contributed by atoms with Crippen LogP contribution in [0, 0.1) is 5.92 Å². The van der Waals surface area contributed by atoms with Crippen LogP contribution in [-0.4, -0.2) is 83.4 Å². The van der Waals surface area contributed by atoms with E-state index in [0.29, 0.717) is 24.0 Å². The number of hydrogen-bond donors (Lipinski definition) is 2. The van der Waals surface area contributed by atoms with Gasteiger partial charge in [0.1, 0.15) is 12.4 Å². The maximum absolute atomic E-state index is 5.45. The van der Waals surface area contributed by atoms with E-state index in [1.54, 1.807) is 6.26 Å². The molecular formula is C19H29N7O2. The number of aromatic amines is 1. The van der Waals surface area contributed by atoms with Crippen LogP contribution in [0.3, 0.4) is 0 Å². The van der Waals surface area contributed by atoms with E-state index < -0.39 is 0 Å². The number of ether oxygens (including phenoxy) is 1. The maximum atomic E-state index is 5.45. The largest absolute Gasteiger partial charge is 0.461 e. The minimum Gasteiger partial charge on any atom is -0.461 e. The molecule has 4 rings (SSSR count). The molecule has 4 heterocycles. The van der Waals surface area contributed by atoms with Crippen LogP contribution in [-0.2, 0) is 11.3 Å². The molecule has 0 radical (unpaired) electrons. The third-order valence-electron chi connectivity index (χ3n) is 5.19. The molecule has 2 aromatic heterocycles. The molecule has 0 aliphatic carbocycles. The molecule has 2 fully saturated rings. The van der Waals surface area contributed by atoms with Crippen molar-refractivity contribution in [2.75, 3.05) is 52.5 Å². The summed E-state index contributed by atoms with van der Waals surface area (Å²) in [5.74, 6) is 3.57. The maximum Gasteiger partial charge on any atom is 0.216 e. The molecular weight excluding hydrogens is 358 g/mol. The Morgan fingerprint density at radius 1 is 1.36 bits per heavy atom. The molecule has 2 aliphatic heterocycles. The van der Waals surface area contributed by atoms with Crippen molar-refractivity contribution < 1.29 is 9.15 Å². The summed E-state index contributed by atoms with van der Waals surface area (Å²) >= 11 is 0. The summed E-state index contributed by atoms with van der Waals surface area (Å²) in [6, 6.07) is 3.67. The van der Waals surface area contributed by atoms with Crippen LogP contribution in [0.25, 0.3) is 11.6 Å². The van der Waals surface area contributed by atoms with Gasteiger partial charge in [-0.1, -0.05) is 0 Å². The second kappa shape index (κ2) is 9.20. The molecule has 28 heavy (non-hydrogen) atoms. The third-order valence-corrected chi connectivity index (χ3v) is 5.19. The highest BCUT2D eigenvalue weighted by Gasteiger charge is 2.27. The number of rotatable bonds is 6. The van der Waals surface area contributed by atoms with Crippen molar-refractivity contribution >= 4 is 5.96 Å². The standard InChI is InChI=1S/C19H29N7O2/c1-2-20-19(21-12-17-22-18(24-23-17)16-4-3-9-28-16)26-6-5-15(14-26)13-25-7-10-27-11-8-25/h3-4,9,15H,2,5-8,10-14H2,1H3,(H,20,21)(H,22,23,24). The molecule has 9 nitrogen and oxygen atoms in total. The van der Waals surface area contributed by atoms with Crippen molar-refractivity contribution in [3.05, 3.63) is 24.2 Å². The SMILES string of the molecule is CCNC(=NCc1nc(-c2ccco2)n[nH]1)N1CCC(CN2CCOCC2)C1. The van der Waals surface area contributed by atoms with Gasteiger partial charge in [0.15, 0.2) is 11.7 Å². The lowest BCUT2D eigenvalue weighted by molar-refractivity contribution is 0.0315. The Balaban J connectivity index is 1.34. The summed E-state index contributed by atoms with van der Waals surface area (Å²) in [6.45, 7) is 10.4. The molecule has 1 atom stereocenters. The van der Waals surface area contributed by atoms with Crippen molar-refractivity contribution in [3.8, 4) is 11.6 Å². The molecule has 0 amide bonds. The second-order valence-electron chi connectivity index (χ2n) is 7.27. The summed E-state index contributed by atoms with van der Waals surface area (Å²) in [6.07, 6.45) is 2.82. The van der Waals surface area contributed by atoms with Gasteiger partial charge in [-0.25, -0.2) is 9.98 Å². The lowest BCUT2D eigenvalue weighted by Gasteiger charge is -2.29. The van der Waals surface area contributed by atoms with Gasteiger partial charge in [-0.3, -0.25) is 10.00 Å². The van der Waals surface area contributed by atoms with Crippen LogP contribution in [0.2, 0.25) is 0 Å². The van der Waals surface area contributed by atoms with Gasteiger partial charge >= 0.3 is 0 Å². The van der Waals surface area contributed by atoms with Gasteiger partial charge in [0.2, 0.25) is 5.82 Å². The topological polar surface area (TPSA) is 94.8 Å². The molecule has 2 aliphatic rings. The summed E-state index contributed by atoms with van der Waals surface area (Å²) in [5, 5.41) is 10.6. The number of hydrogen-bond acceptors (Lipinski definition) is 6. The van der Waals surface area contributed by atoms with Crippen molar-refractivity contribution in [1.82, 2.24) is 30.3 Å². The first-order chi connectivity index (χ1) is 13.8. The molecule has 2 N–H and O–H groups in total. The highest BCUT2D eigenvalue weighted by Crippen LogP contribution is 2.19. The molecule has 0 aromatic carbocycles. The molecule has 2 saturated heterocycles. The zero-order valence-corrected chi connectivity index (χ0v) is 16.4. The number of furan rings is 1. The molecule has 152 valence electrons. The minimum absolute atomic E-state index is 0.459. The zero-order chi connectivity index (χ0) is 19.2. The fourth-order valence-corrected chi connectivity index (χ4v) is 3.78. The van der Waals surface area contributed by atoms with Gasteiger partial charge in [0.05, 0.1) is 19.5 Å². The van der Waals surface area contributed by atoms with E-state index in [1.165, 1.54) is 6.42 Å². The van der Waals surface area contributed by atoms with E-state index in [2.05, 4.69) is 37.2 Å². The lowest BCUT2D eigenvalue weighted by atomic mass is 10.1. The third kappa shape index (κ3) is 4.71. The first-order valence-corrected chi connectivity index (χ1v) is 10.1. The molecule has 1 unspecified atom stereocenters. The average Bonchev–Trinajstić information content (AvgIpc) is 3.47. The number of likely N-dealkylation sites (tertiary alicyclic amines) is 1. The number of H-pyrrole nitrogens is 1. The van der Waals surface area contributed by atoms with Gasteiger partial charge in [-0.15, -0.1) is 5.10 Å². The minimum atomic E-state index is 0.459. The summed E-state index contributed by atoms with van der Waals surface area (Å²) in [4.78, 5) is 14.1. The predicted octanol–water partition coefficient (Wildman–Crippen LogP) is 1.18. The van der Waals surface area contributed by atoms with Crippen molar-refractivity contribution in [1.29, 1.82) is 0 Å². The first kappa shape index (κ1) is 18.9. The van der Waals surface area contributed by atoms with E-state index in [-0.39, 0.29) is 0 Å². The summed E-state index contributed by atoms with van der Waals surface area (Å²) < 4.78 is 10.8. The highest BCUT2D eigenvalue weighted by atomic mass is 16.5. The Morgan fingerprint density at radius 2 is 2.25 bits per heavy atom. The van der Waals surface area contributed by atoms with Gasteiger partial charge in [-0.05, 0) is 31.4 Å². The van der Waals surface area contributed by atoms with E-state index in [0.717, 1.165) is 64.3 Å². The van der Waals surface area contributed by atoms with Crippen LogP contribution in [0.15, 0.2) is 27.8 Å². The van der Waals surface area contributed by atoms with Crippen LogP contribution in [0.4, 0.5) is 0 Å². The van der Waals surface area contributed by atoms with Crippen LogP contribution >= 0.6 is 0 Å². The van der Waals surface area contributed by atoms with E-state index in [9.17, 15) is 0 Å². The number of guanidine groups is 1. The van der Waals surface area contributed by atoms with Crippen LogP contribution in [0.5, 0.6) is 0 Å². The Morgan fingerprint density at radius 3 is 3.04 bits per heavy atom. The van der Waals surface area contributed by atoms with Crippen LogP contribution < -0.4 is 5.32 Å². The summed E-state index contributed by atoms with van der Waals surface area (Å²) in [7, 11) is 0. The lowest BCUT2D eigenvalue weighted by Crippen LogP contribution is -2.42. The Kier molecular flexibility index (Phi) is 6.23. The molecule has 0 saturated carbocycles. The van der Waals surface area contributed by atoms with Crippen LogP contribution in [0.1, 0.15) is 19.2 Å². The second-order valence-corrected chi connectivity index (χ2v) is 7.27. The van der Waals surface area contributed by atoms with E-state index >= 15 is 0 Å². The Labute approximate surface area is 165 Å². The van der Waals surface area contributed by atoms with E-state index in [4.69, 9.17) is 14.1 Å². The zero-order valence-electron chi connectivity index (χ0n) is 16.4. The summed E-state index contributed by atoms with van der Waals surface area (Å²) in [5.41, 5.74) is 0. The van der Waals surface area contributed by atoms with E-state index in [1.807, 2.05) is 12.1 Å². The van der Waals surface area contributed by atoms with Crippen molar-refractivity contribution in [2.45, 2.75) is 19.9 Å². The molecule has 2 aromatic rings. The quantitative estimate of drug-likeness (QED) is 0.568. The highest BCUT2D eigenvalue weighted by molar-refractivity contribution is 5.80. The Bertz CT molecular complexity index is 752. The molecule has 0 bridgehead atoms. The van der Waals surface area contributed by atoms with Crippen molar-refractivity contribution in [3.63, 3.8) is 0 Å². The van der Waals surface area contributed by atoms with Gasteiger partial charge in [0, 0.05) is 39.3 Å². The average molecular weight is 387 g/mol. The van der Waals surface area contributed by atoms with Gasteiger partial charge in [-0.2, -0.15) is 0 Å².